The molecule has 4 atom stereocenters. The number of primary amides is 1. The lowest BCUT2D eigenvalue weighted by Crippen LogP contribution is -2.48. The van der Waals surface area contributed by atoms with Gasteiger partial charge in [0.1, 0.15) is 5.82 Å². The number of piperidine rings is 1. The SMILES string of the molecule is Cc1ncc(-c2cc(C)c3c(c2)c(C(C)O)cn3CC(=O)C23CC2(C)CC(C(N)=O)N3)cn1. The van der Waals surface area contributed by atoms with Gasteiger partial charge in [0, 0.05) is 35.1 Å². The molecule has 2 aliphatic rings. The van der Waals surface area contributed by atoms with Gasteiger partial charge in [0.25, 0.3) is 0 Å². The Morgan fingerprint density at radius 1 is 1.27 bits per heavy atom. The fourth-order valence-corrected chi connectivity index (χ4v) is 5.64. The largest absolute Gasteiger partial charge is 0.389 e. The molecule has 1 aromatic carbocycles. The zero-order valence-corrected chi connectivity index (χ0v) is 19.3. The number of rotatable bonds is 6. The third-order valence-corrected chi connectivity index (χ3v) is 7.53. The molecule has 8 nitrogen and oxygen atoms in total. The van der Waals surface area contributed by atoms with Gasteiger partial charge in [-0.15, -0.1) is 0 Å². The fraction of sp³-hybridized carbons (Fsp3) is 0.440. The summed E-state index contributed by atoms with van der Waals surface area (Å²) in [5.74, 6) is 0.330. The Morgan fingerprint density at radius 3 is 2.58 bits per heavy atom. The van der Waals surface area contributed by atoms with Gasteiger partial charge < -0.3 is 15.4 Å². The fourth-order valence-electron chi connectivity index (χ4n) is 5.64. The minimum Gasteiger partial charge on any atom is -0.389 e. The second-order valence-electron chi connectivity index (χ2n) is 9.97. The number of fused-ring (bicyclic) bond motifs is 2. The molecule has 0 bridgehead atoms. The van der Waals surface area contributed by atoms with E-state index in [1.54, 1.807) is 19.3 Å². The van der Waals surface area contributed by atoms with E-state index in [0.29, 0.717) is 18.7 Å². The molecule has 4 N–H and O–H groups in total. The molecular weight excluding hydrogens is 418 g/mol. The number of aromatic nitrogens is 3. The number of benzene rings is 1. The number of carbonyl (C=O) groups excluding carboxylic acids is 2. The predicted octanol–water partition coefficient (Wildman–Crippen LogP) is 2.33. The summed E-state index contributed by atoms with van der Waals surface area (Å²) >= 11 is 0. The lowest BCUT2D eigenvalue weighted by atomic mass is 9.97. The van der Waals surface area contributed by atoms with Gasteiger partial charge in [0.05, 0.1) is 29.7 Å². The molecule has 8 heteroatoms. The molecular formula is C25H29N5O3. The highest BCUT2D eigenvalue weighted by atomic mass is 16.3. The molecule has 0 radical (unpaired) electrons. The lowest BCUT2D eigenvalue weighted by Gasteiger charge is -2.18. The average Bonchev–Trinajstić information content (AvgIpc) is 3.03. The van der Waals surface area contributed by atoms with Gasteiger partial charge in [-0.25, -0.2) is 9.97 Å². The first kappa shape index (κ1) is 21.7. The van der Waals surface area contributed by atoms with Crippen molar-refractivity contribution >= 4 is 22.6 Å². The first-order valence-electron chi connectivity index (χ1n) is 11.3. The maximum atomic E-state index is 13.5. The lowest BCUT2D eigenvalue weighted by molar-refractivity contribution is -0.123. The third kappa shape index (κ3) is 3.28. The van der Waals surface area contributed by atoms with Crippen LogP contribution in [0.25, 0.3) is 22.0 Å². The minimum atomic E-state index is -0.707. The summed E-state index contributed by atoms with van der Waals surface area (Å²) in [6.07, 6.45) is 6.05. The average molecular weight is 448 g/mol. The summed E-state index contributed by atoms with van der Waals surface area (Å²) in [6.45, 7) is 7.77. The summed E-state index contributed by atoms with van der Waals surface area (Å²) in [7, 11) is 0. The van der Waals surface area contributed by atoms with E-state index in [4.69, 9.17) is 5.73 Å². The molecule has 0 spiro atoms. The van der Waals surface area contributed by atoms with E-state index >= 15 is 0 Å². The number of nitrogens with one attached hydrogen (secondary N) is 1. The summed E-state index contributed by atoms with van der Waals surface area (Å²) in [6, 6.07) is 3.61. The molecule has 1 saturated heterocycles. The first-order chi connectivity index (χ1) is 15.5. The summed E-state index contributed by atoms with van der Waals surface area (Å²) in [5, 5.41) is 14.6. The van der Waals surface area contributed by atoms with Crippen LogP contribution in [-0.2, 0) is 16.1 Å². The number of hydrogen-bond donors (Lipinski definition) is 3. The second kappa shape index (κ2) is 7.20. The van der Waals surface area contributed by atoms with Crippen molar-refractivity contribution in [3.63, 3.8) is 0 Å². The Kier molecular flexibility index (Phi) is 4.74. The number of aliphatic hydroxyl groups excluding tert-OH is 1. The highest BCUT2D eigenvalue weighted by molar-refractivity contribution is 5.98. The summed E-state index contributed by atoms with van der Waals surface area (Å²) < 4.78 is 1.93. The van der Waals surface area contributed by atoms with Crippen LogP contribution in [0.2, 0.25) is 0 Å². The van der Waals surface area contributed by atoms with Crippen molar-refractivity contribution in [1.29, 1.82) is 0 Å². The van der Waals surface area contributed by atoms with Crippen LogP contribution in [0.1, 0.15) is 49.7 Å². The maximum absolute atomic E-state index is 13.5. The van der Waals surface area contributed by atoms with Crippen molar-refractivity contribution in [2.24, 2.45) is 11.1 Å². The van der Waals surface area contributed by atoms with E-state index in [1.165, 1.54) is 0 Å². The quantitative estimate of drug-likeness (QED) is 0.533. The first-order valence-corrected chi connectivity index (χ1v) is 11.3. The van der Waals surface area contributed by atoms with Crippen LogP contribution in [0.4, 0.5) is 0 Å². The summed E-state index contributed by atoms with van der Waals surface area (Å²) in [4.78, 5) is 33.8. The van der Waals surface area contributed by atoms with Crippen molar-refractivity contribution < 1.29 is 14.7 Å². The number of hydrogen-bond acceptors (Lipinski definition) is 6. The molecule has 4 unspecified atom stereocenters. The van der Waals surface area contributed by atoms with Crippen LogP contribution in [0.5, 0.6) is 0 Å². The van der Waals surface area contributed by atoms with Gasteiger partial charge in [0.2, 0.25) is 5.91 Å². The Bertz CT molecular complexity index is 1300. The Hall–Kier alpha value is -3.10. The van der Waals surface area contributed by atoms with Crippen molar-refractivity contribution in [3.05, 3.63) is 47.7 Å². The van der Waals surface area contributed by atoms with Crippen LogP contribution in [0, 0.1) is 19.3 Å². The standard InChI is InChI=1S/C25H29N5O3/c1-13-5-16(17-8-27-15(3)28-9-17)6-18-19(14(2)31)10-30(22(13)18)11-21(32)25-12-24(25,4)7-20(29-25)23(26)33/h5-6,8-10,14,20,29,31H,7,11-12H2,1-4H3,(H2,26,33). The smallest absolute Gasteiger partial charge is 0.234 e. The molecule has 1 saturated carbocycles. The van der Waals surface area contributed by atoms with Gasteiger partial charge in [-0.2, -0.15) is 0 Å². The Balaban J connectivity index is 1.54. The number of carbonyl (C=O) groups is 2. The van der Waals surface area contributed by atoms with Crippen molar-refractivity contribution in [2.75, 3.05) is 0 Å². The Morgan fingerprint density at radius 2 is 1.97 bits per heavy atom. The third-order valence-electron chi connectivity index (χ3n) is 7.53. The summed E-state index contributed by atoms with van der Waals surface area (Å²) in [5.41, 5.74) is 9.08. The van der Waals surface area contributed by atoms with Crippen molar-refractivity contribution in [1.82, 2.24) is 19.9 Å². The van der Waals surface area contributed by atoms with E-state index in [1.807, 2.05) is 37.6 Å². The van der Waals surface area contributed by atoms with Gasteiger partial charge in [0.15, 0.2) is 5.78 Å². The number of aliphatic hydroxyl groups is 1. The topological polar surface area (TPSA) is 123 Å². The number of aryl methyl sites for hydroxylation is 2. The van der Waals surface area contributed by atoms with E-state index in [9.17, 15) is 14.7 Å². The molecule has 1 amide bonds. The number of amides is 1. The van der Waals surface area contributed by atoms with Crippen LogP contribution in [0.3, 0.4) is 0 Å². The molecule has 2 aromatic heterocycles. The van der Waals surface area contributed by atoms with Gasteiger partial charge in [-0.1, -0.05) is 6.92 Å². The molecule has 33 heavy (non-hydrogen) atoms. The molecule has 2 fully saturated rings. The van der Waals surface area contributed by atoms with Gasteiger partial charge in [-0.05, 0) is 62.3 Å². The second-order valence-corrected chi connectivity index (χ2v) is 9.97. The van der Waals surface area contributed by atoms with Gasteiger partial charge in [-0.3, -0.25) is 14.9 Å². The van der Waals surface area contributed by atoms with Gasteiger partial charge >= 0.3 is 0 Å². The number of nitrogens with two attached hydrogens (primary N) is 1. The van der Waals surface area contributed by atoms with Crippen LogP contribution >= 0.6 is 0 Å². The van der Waals surface area contributed by atoms with E-state index in [-0.39, 0.29) is 17.7 Å². The highest BCUT2D eigenvalue weighted by Crippen LogP contribution is 2.63. The van der Waals surface area contributed by atoms with E-state index in [0.717, 1.165) is 33.2 Å². The molecule has 1 aliphatic heterocycles. The van der Waals surface area contributed by atoms with Crippen LogP contribution in [0.15, 0.2) is 30.7 Å². The van der Waals surface area contributed by atoms with Crippen molar-refractivity contribution in [3.8, 4) is 11.1 Å². The minimum absolute atomic E-state index is 0.0400. The maximum Gasteiger partial charge on any atom is 0.234 e. The normalized spacial score (nSPS) is 26.9. The van der Waals surface area contributed by atoms with E-state index in [2.05, 4.69) is 21.4 Å². The van der Waals surface area contributed by atoms with Crippen LogP contribution < -0.4 is 11.1 Å². The molecule has 5 rings (SSSR count). The number of Topliss-reactive ketones (excluding diaryl/α,β-unsaturated/α-hetero) is 1. The van der Waals surface area contributed by atoms with E-state index < -0.39 is 23.6 Å². The number of ketones is 1. The van der Waals surface area contributed by atoms with Crippen LogP contribution in [-0.4, -0.2) is 42.9 Å². The predicted molar refractivity (Wildman–Crippen MR) is 124 cm³/mol. The zero-order valence-electron chi connectivity index (χ0n) is 19.3. The monoisotopic (exact) mass is 447 g/mol. The highest BCUT2D eigenvalue weighted by Gasteiger charge is 2.73. The molecule has 1 aliphatic carbocycles. The molecule has 3 aromatic rings. The Labute approximate surface area is 192 Å². The van der Waals surface area contributed by atoms with Crippen molar-refractivity contribution in [2.45, 2.75) is 64.8 Å². The molecule has 172 valence electrons. The molecule has 3 heterocycles. The number of nitrogens with zero attached hydrogens (tertiary/aromatic N) is 3. The zero-order chi connectivity index (χ0) is 23.7.